The average molecular weight is 232 g/mol. The maximum atomic E-state index is 4.34. The van der Waals surface area contributed by atoms with Crippen LogP contribution >= 0.6 is 11.8 Å². The Morgan fingerprint density at radius 3 is 2.94 bits per heavy atom. The molecule has 0 atom stereocenters. The highest BCUT2D eigenvalue weighted by atomic mass is 32.2. The molecule has 0 unspecified atom stereocenters. The Morgan fingerprint density at radius 2 is 2.25 bits per heavy atom. The number of allylic oxidation sites excluding steroid dienone is 1. The van der Waals surface area contributed by atoms with E-state index in [2.05, 4.69) is 47.6 Å². The topological polar surface area (TPSA) is 24.4 Å². The van der Waals surface area contributed by atoms with E-state index in [4.69, 9.17) is 0 Å². The van der Waals surface area contributed by atoms with Gasteiger partial charge in [0, 0.05) is 12.3 Å². The van der Waals surface area contributed by atoms with Gasteiger partial charge in [-0.15, -0.1) is 0 Å². The highest BCUT2D eigenvalue weighted by Crippen LogP contribution is 2.15. The number of thioether (sulfide) groups is 1. The van der Waals surface area contributed by atoms with Crippen LogP contribution in [0.2, 0.25) is 0 Å². The third-order valence-corrected chi connectivity index (χ3v) is 3.36. The van der Waals surface area contributed by atoms with Gasteiger partial charge in [0.15, 0.2) is 5.17 Å². The highest BCUT2D eigenvalue weighted by Gasteiger charge is 2.03. The fraction of sp³-hybridized carbons (Fsp3) is 0.308. The second-order valence-electron chi connectivity index (χ2n) is 3.68. The van der Waals surface area contributed by atoms with Gasteiger partial charge in [0.1, 0.15) is 0 Å². The summed E-state index contributed by atoms with van der Waals surface area (Å²) >= 11 is 1.77. The molecule has 1 aromatic carbocycles. The molecule has 2 nitrogen and oxygen atoms in total. The van der Waals surface area contributed by atoms with Crippen LogP contribution in [0.3, 0.4) is 0 Å². The van der Waals surface area contributed by atoms with Crippen LogP contribution in [0.25, 0.3) is 5.57 Å². The summed E-state index contributed by atoms with van der Waals surface area (Å²) in [6.07, 6.45) is 2.25. The zero-order chi connectivity index (χ0) is 11.2. The Bertz CT molecular complexity index is 396. The summed E-state index contributed by atoms with van der Waals surface area (Å²) in [5.41, 5.74) is 2.62. The van der Waals surface area contributed by atoms with Gasteiger partial charge in [0.2, 0.25) is 0 Å². The zero-order valence-electron chi connectivity index (χ0n) is 9.44. The summed E-state index contributed by atoms with van der Waals surface area (Å²) in [6, 6.07) is 10.5. The molecular formula is C13H16N2S. The third-order valence-electron chi connectivity index (χ3n) is 2.48. The van der Waals surface area contributed by atoms with Crippen molar-refractivity contribution < 1.29 is 0 Å². The quantitative estimate of drug-likeness (QED) is 0.866. The van der Waals surface area contributed by atoms with Crippen molar-refractivity contribution in [2.24, 2.45) is 4.99 Å². The third kappa shape index (κ3) is 3.14. The van der Waals surface area contributed by atoms with Crippen LogP contribution in [0.5, 0.6) is 0 Å². The number of nitrogens with one attached hydrogen (secondary N) is 1. The molecule has 16 heavy (non-hydrogen) atoms. The smallest absolute Gasteiger partial charge is 0.156 e. The van der Waals surface area contributed by atoms with Crippen LogP contribution in [-0.4, -0.2) is 24.0 Å². The molecule has 0 fully saturated rings. The molecule has 84 valence electrons. The van der Waals surface area contributed by atoms with Crippen molar-refractivity contribution in [3.63, 3.8) is 0 Å². The Hall–Kier alpha value is -1.22. The first-order valence-corrected chi connectivity index (χ1v) is 6.48. The van der Waals surface area contributed by atoms with Crippen LogP contribution in [0.4, 0.5) is 0 Å². The molecule has 1 aromatic rings. The SMILES string of the molecule is C/C(=C/CSC1=NCCN1)c1ccccc1. The molecule has 1 N–H and O–H groups in total. The minimum Gasteiger partial charge on any atom is -0.363 e. The summed E-state index contributed by atoms with van der Waals surface area (Å²) in [5, 5.41) is 4.33. The number of benzene rings is 1. The van der Waals surface area contributed by atoms with Crippen LogP contribution < -0.4 is 5.32 Å². The number of hydrogen-bond donors (Lipinski definition) is 1. The van der Waals surface area contributed by atoms with E-state index in [1.807, 2.05) is 6.07 Å². The molecule has 0 bridgehead atoms. The number of aliphatic imine (C=N–C) groups is 1. The first kappa shape index (κ1) is 11.3. The number of rotatable bonds is 3. The van der Waals surface area contributed by atoms with Crippen molar-refractivity contribution in [2.75, 3.05) is 18.8 Å². The molecule has 1 aliphatic rings. The van der Waals surface area contributed by atoms with Crippen LogP contribution in [0.15, 0.2) is 41.4 Å². The van der Waals surface area contributed by atoms with Gasteiger partial charge < -0.3 is 5.32 Å². The molecule has 0 saturated heterocycles. The molecule has 0 radical (unpaired) electrons. The molecule has 2 rings (SSSR count). The fourth-order valence-electron chi connectivity index (χ4n) is 1.54. The lowest BCUT2D eigenvalue weighted by Crippen LogP contribution is -2.15. The van der Waals surface area contributed by atoms with Gasteiger partial charge in [-0.25, -0.2) is 0 Å². The van der Waals surface area contributed by atoms with Gasteiger partial charge in [0.25, 0.3) is 0 Å². The summed E-state index contributed by atoms with van der Waals surface area (Å²) in [7, 11) is 0. The van der Waals surface area contributed by atoms with Crippen molar-refractivity contribution in [2.45, 2.75) is 6.92 Å². The summed E-state index contributed by atoms with van der Waals surface area (Å²) < 4.78 is 0. The predicted molar refractivity (Wildman–Crippen MR) is 72.9 cm³/mol. The van der Waals surface area contributed by atoms with Gasteiger partial charge in [-0.05, 0) is 18.1 Å². The average Bonchev–Trinajstić information content (AvgIpc) is 2.83. The monoisotopic (exact) mass is 232 g/mol. The van der Waals surface area contributed by atoms with E-state index >= 15 is 0 Å². The molecule has 0 spiro atoms. The minimum absolute atomic E-state index is 0.920. The Balaban J connectivity index is 1.87. The van der Waals surface area contributed by atoms with Gasteiger partial charge in [0.05, 0.1) is 6.54 Å². The van der Waals surface area contributed by atoms with Gasteiger partial charge in [-0.1, -0.05) is 48.2 Å². The lowest BCUT2D eigenvalue weighted by molar-refractivity contribution is 0.963. The lowest BCUT2D eigenvalue weighted by Gasteiger charge is -2.02. The van der Waals surface area contributed by atoms with E-state index in [9.17, 15) is 0 Å². The largest absolute Gasteiger partial charge is 0.363 e. The van der Waals surface area contributed by atoms with Crippen LogP contribution in [-0.2, 0) is 0 Å². The Morgan fingerprint density at radius 1 is 1.44 bits per heavy atom. The normalized spacial score (nSPS) is 15.8. The van der Waals surface area contributed by atoms with E-state index < -0.39 is 0 Å². The molecule has 0 saturated carbocycles. The second-order valence-corrected chi connectivity index (χ2v) is 4.69. The Labute approximate surface area is 101 Å². The maximum Gasteiger partial charge on any atom is 0.156 e. The number of amidine groups is 1. The van der Waals surface area contributed by atoms with Gasteiger partial charge in [-0.3, -0.25) is 4.99 Å². The summed E-state index contributed by atoms with van der Waals surface area (Å²) in [6.45, 7) is 4.06. The number of hydrogen-bond acceptors (Lipinski definition) is 3. The van der Waals surface area contributed by atoms with E-state index in [0.29, 0.717) is 0 Å². The van der Waals surface area contributed by atoms with E-state index in [0.717, 1.165) is 24.0 Å². The molecular weight excluding hydrogens is 216 g/mol. The van der Waals surface area contributed by atoms with E-state index in [1.54, 1.807) is 11.8 Å². The highest BCUT2D eigenvalue weighted by molar-refractivity contribution is 8.13. The molecule has 1 aliphatic heterocycles. The van der Waals surface area contributed by atoms with Gasteiger partial charge in [-0.2, -0.15) is 0 Å². The molecule has 0 amide bonds. The minimum atomic E-state index is 0.920. The lowest BCUT2D eigenvalue weighted by atomic mass is 10.1. The summed E-state index contributed by atoms with van der Waals surface area (Å²) in [4.78, 5) is 4.34. The molecule has 0 aromatic heterocycles. The van der Waals surface area contributed by atoms with Crippen LogP contribution in [0.1, 0.15) is 12.5 Å². The number of nitrogens with zero attached hydrogens (tertiary/aromatic N) is 1. The molecule has 1 heterocycles. The first-order chi connectivity index (χ1) is 7.86. The van der Waals surface area contributed by atoms with E-state index in [-0.39, 0.29) is 0 Å². The summed E-state index contributed by atoms with van der Waals surface area (Å²) in [5.74, 6) is 0.979. The van der Waals surface area contributed by atoms with E-state index in [1.165, 1.54) is 11.1 Å². The maximum absolute atomic E-state index is 4.34. The standard InChI is InChI=1S/C13H16N2S/c1-11(12-5-3-2-4-6-12)7-10-16-13-14-8-9-15-13/h2-7H,8-10H2,1H3,(H,14,15)/b11-7-. The van der Waals surface area contributed by atoms with Crippen molar-refractivity contribution in [1.29, 1.82) is 0 Å². The van der Waals surface area contributed by atoms with Crippen molar-refractivity contribution in [3.8, 4) is 0 Å². The molecule has 0 aliphatic carbocycles. The van der Waals surface area contributed by atoms with Crippen molar-refractivity contribution in [1.82, 2.24) is 5.32 Å². The first-order valence-electron chi connectivity index (χ1n) is 5.49. The Kier molecular flexibility index (Phi) is 4.05. The second kappa shape index (κ2) is 5.75. The van der Waals surface area contributed by atoms with Crippen LogP contribution in [0, 0.1) is 0 Å². The predicted octanol–water partition coefficient (Wildman–Crippen LogP) is 2.78. The fourth-order valence-corrected chi connectivity index (χ4v) is 2.42. The zero-order valence-corrected chi connectivity index (χ0v) is 10.3. The van der Waals surface area contributed by atoms with Gasteiger partial charge >= 0.3 is 0 Å². The molecule has 3 heteroatoms. The van der Waals surface area contributed by atoms with Crippen molar-refractivity contribution in [3.05, 3.63) is 42.0 Å². The van der Waals surface area contributed by atoms with Crippen molar-refractivity contribution >= 4 is 22.5 Å².